The number of hydrogen-bond acceptors (Lipinski definition) is 2. The van der Waals surface area contributed by atoms with Gasteiger partial charge < -0.3 is 20.1 Å². The van der Waals surface area contributed by atoms with E-state index in [1.54, 1.807) is 0 Å². The first-order valence-corrected chi connectivity index (χ1v) is 8.67. The second-order valence-electron chi connectivity index (χ2n) is 6.35. The number of urea groups is 1. The van der Waals surface area contributed by atoms with E-state index in [1.807, 2.05) is 65.2 Å². The van der Waals surface area contributed by atoms with Gasteiger partial charge in [-0.25, -0.2) is 4.79 Å². The van der Waals surface area contributed by atoms with E-state index in [1.165, 1.54) is 0 Å². The third kappa shape index (κ3) is 4.21. The van der Waals surface area contributed by atoms with Crippen molar-refractivity contribution in [2.75, 3.05) is 18.4 Å². The Bertz CT molecular complexity index is 726. The summed E-state index contributed by atoms with van der Waals surface area (Å²) in [5.41, 5.74) is 1.43. The van der Waals surface area contributed by atoms with Crippen LogP contribution in [0.5, 0.6) is 0 Å². The number of aromatic nitrogens is 1. The molecule has 1 aliphatic rings. The standard InChI is InChI=1S/C19H24N4O2/c1-22-12-7-11-17(22)18(24)23-13-6-5-10-16(23)14-20-19(25)21-15-8-3-2-4-9-15/h2-4,7-9,11-12,16H,5-6,10,13-14H2,1H3,(H2,20,21,25)/t16-/m0/s1. The molecule has 1 fully saturated rings. The van der Waals surface area contributed by atoms with Gasteiger partial charge in [0, 0.05) is 38.1 Å². The zero-order chi connectivity index (χ0) is 17.6. The van der Waals surface area contributed by atoms with E-state index in [0.717, 1.165) is 31.5 Å². The number of nitrogens with zero attached hydrogens (tertiary/aromatic N) is 2. The first-order chi connectivity index (χ1) is 12.1. The molecule has 0 unspecified atom stereocenters. The van der Waals surface area contributed by atoms with Crippen molar-refractivity contribution in [1.29, 1.82) is 0 Å². The summed E-state index contributed by atoms with van der Waals surface area (Å²) in [5.74, 6) is 0.0301. The van der Waals surface area contributed by atoms with Crippen LogP contribution in [0, 0.1) is 0 Å². The van der Waals surface area contributed by atoms with Crippen molar-refractivity contribution in [2.24, 2.45) is 7.05 Å². The fourth-order valence-electron chi connectivity index (χ4n) is 3.22. The number of aryl methyl sites for hydroxylation is 1. The monoisotopic (exact) mass is 340 g/mol. The molecule has 25 heavy (non-hydrogen) atoms. The van der Waals surface area contributed by atoms with Gasteiger partial charge in [0.2, 0.25) is 0 Å². The molecule has 1 atom stereocenters. The van der Waals surface area contributed by atoms with Crippen LogP contribution < -0.4 is 10.6 Å². The van der Waals surface area contributed by atoms with E-state index < -0.39 is 0 Å². The molecular weight excluding hydrogens is 316 g/mol. The highest BCUT2D eigenvalue weighted by Crippen LogP contribution is 2.19. The lowest BCUT2D eigenvalue weighted by Crippen LogP contribution is -2.50. The van der Waals surface area contributed by atoms with Gasteiger partial charge in [-0.1, -0.05) is 18.2 Å². The SMILES string of the molecule is Cn1cccc1C(=O)N1CCCC[C@H]1CNC(=O)Nc1ccccc1. The molecule has 1 aromatic heterocycles. The van der Waals surface area contributed by atoms with Crippen molar-refractivity contribution in [2.45, 2.75) is 25.3 Å². The lowest BCUT2D eigenvalue weighted by molar-refractivity contribution is 0.0605. The Morgan fingerprint density at radius 1 is 1.12 bits per heavy atom. The number of benzene rings is 1. The molecule has 6 nitrogen and oxygen atoms in total. The summed E-state index contributed by atoms with van der Waals surface area (Å²) in [6.07, 6.45) is 4.85. The number of hydrogen-bond donors (Lipinski definition) is 2. The number of likely N-dealkylation sites (tertiary alicyclic amines) is 1. The van der Waals surface area contributed by atoms with Crippen LogP contribution in [0.15, 0.2) is 48.7 Å². The lowest BCUT2D eigenvalue weighted by atomic mass is 10.0. The quantitative estimate of drug-likeness (QED) is 0.899. The summed E-state index contributed by atoms with van der Waals surface area (Å²) in [6, 6.07) is 12.8. The lowest BCUT2D eigenvalue weighted by Gasteiger charge is -2.36. The number of piperidine rings is 1. The fraction of sp³-hybridized carbons (Fsp3) is 0.368. The van der Waals surface area contributed by atoms with E-state index in [2.05, 4.69) is 10.6 Å². The van der Waals surface area contributed by atoms with E-state index in [-0.39, 0.29) is 18.0 Å². The number of amides is 3. The molecule has 3 rings (SSSR count). The van der Waals surface area contributed by atoms with Crippen LogP contribution in [0.1, 0.15) is 29.8 Å². The van der Waals surface area contributed by atoms with Crippen LogP contribution in [0.2, 0.25) is 0 Å². The van der Waals surface area contributed by atoms with E-state index in [4.69, 9.17) is 0 Å². The Hall–Kier alpha value is -2.76. The molecule has 3 amide bonds. The molecule has 6 heteroatoms. The predicted octanol–water partition coefficient (Wildman–Crippen LogP) is 2.84. The summed E-state index contributed by atoms with van der Waals surface area (Å²) in [7, 11) is 1.87. The third-order valence-electron chi connectivity index (χ3n) is 4.58. The number of anilines is 1. The fourth-order valence-corrected chi connectivity index (χ4v) is 3.22. The van der Waals surface area contributed by atoms with Gasteiger partial charge in [0.15, 0.2) is 0 Å². The largest absolute Gasteiger partial charge is 0.347 e. The van der Waals surface area contributed by atoms with Gasteiger partial charge in [0.05, 0.1) is 0 Å². The predicted molar refractivity (Wildman–Crippen MR) is 97.6 cm³/mol. The van der Waals surface area contributed by atoms with Gasteiger partial charge in [0.25, 0.3) is 5.91 Å². The Kier molecular flexibility index (Phi) is 5.38. The van der Waals surface area contributed by atoms with E-state index in [0.29, 0.717) is 12.2 Å². The van der Waals surface area contributed by atoms with Crippen molar-refractivity contribution in [3.8, 4) is 0 Å². The topological polar surface area (TPSA) is 66.4 Å². The summed E-state index contributed by atoms with van der Waals surface area (Å²) in [6.45, 7) is 1.19. The smallest absolute Gasteiger partial charge is 0.319 e. The molecule has 0 bridgehead atoms. The number of rotatable bonds is 4. The van der Waals surface area contributed by atoms with Gasteiger partial charge in [-0.15, -0.1) is 0 Å². The molecule has 1 saturated heterocycles. The maximum absolute atomic E-state index is 12.8. The highest BCUT2D eigenvalue weighted by atomic mass is 16.2. The number of para-hydroxylation sites is 1. The van der Waals surface area contributed by atoms with Crippen LogP contribution in [0.25, 0.3) is 0 Å². The number of carbonyl (C=O) groups is 2. The maximum atomic E-state index is 12.8. The van der Waals surface area contributed by atoms with Gasteiger partial charge >= 0.3 is 6.03 Å². The third-order valence-corrected chi connectivity index (χ3v) is 4.58. The molecule has 0 radical (unpaired) electrons. The maximum Gasteiger partial charge on any atom is 0.319 e. The minimum Gasteiger partial charge on any atom is -0.347 e. The number of nitrogens with one attached hydrogen (secondary N) is 2. The van der Waals surface area contributed by atoms with Gasteiger partial charge in [-0.2, -0.15) is 0 Å². The van der Waals surface area contributed by atoms with Crippen molar-refractivity contribution < 1.29 is 9.59 Å². The summed E-state index contributed by atoms with van der Waals surface area (Å²) in [4.78, 5) is 26.8. The van der Waals surface area contributed by atoms with Crippen LogP contribution in [0.4, 0.5) is 10.5 Å². The number of carbonyl (C=O) groups excluding carboxylic acids is 2. The molecule has 2 aromatic rings. The van der Waals surface area contributed by atoms with E-state index in [9.17, 15) is 9.59 Å². The first-order valence-electron chi connectivity index (χ1n) is 8.67. The van der Waals surface area contributed by atoms with Crippen LogP contribution in [-0.4, -0.2) is 40.5 Å². The molecule has 1 aromatic carbocycles. The van der Waals surface area contributed by atoms with Crippen molar-refractivity contribution >= 4 is 17.6 Å². The molecule has 1 aliphatic heterocycles. The van der Waals surface area contributed by atoms with Crippen molar-refractivity contribution in [3.05, 3.63) is 54.4 Å². The Morgan fingerprint density at radius 3 is 2.64 bits per heavy atom. The Morgan fingerprint density at radius 2 is 1.92 bits per heavy atom. The zero-order valence-electron chi connectivity index (χ0n) is 14.4. The van der Waals surface area contributed by atoms with Gasteiger partial charge in [0.1, 0.15) is 5.69 Å². The minimum atomic E-state index is -0.247. The second kappa shape index (κ2) is 7.88. The van der Waals surface area contributed by atoms with Crippen LogP contribution >= 0.6 is 0 Å². The average molecular weight is 340 g/mol. The summed E-state index contributed by atoms with van der Waals surface area (Å²) in [5, 5.41) is 5.70. The second-order valence-corrected chi connectivity index (χ2v) is 6.35. The zero-order valence-corrected chi connectivity index (χ0v) is 14.4. The highest BCUT2D eigenvalue weighted by molar-refractivity contribution is 5.93. The van der Waals surface area contributed by atoms with Gasteiger partial charge in [-0.3, -0.25) is 4.79 Å². The van der Waals surface area contributed by atoms with E-state index >= 15 is 0 Å². The van der Waals surface area contributed by atoms with Crippen LogP contribution in [-0.2, 0) is 7.05 Å². The van der Waals surface area contributed by atoms with Crippen molar-refractivity contribution in [3.63, 3.8) is 0 Å². The molecule has 0 aliphatic carbocycles. The molecule has 2 heterocycles. The average Bonchev–Trinajstić information content (AvgIpc) is 3.06. The van der Waals surface area contributed by atoms with Gasteiger partial charge in [-0.05, 0) is 43.5 Å². The summed E-state index contributed by atoms with van der Waals surface area (Å²) < 4.78 is 1.84. The minimum absolute atomic E-state index is 0.0256. The molecule has 0 spiro atoms. The highest BCUT2D eigenvalue weighted by Gasteiger charge is 2.28. The van der Waals surface area contributed by atoms with Crippen molar-refractivity contribution in [1.82, 2.24) is 14.8 Å². The normalized spacial score (nSPS) is 17.2. The molecular formula is C19H24N4O2. The van der Waals surface area contributed by atoms with Crippen LogP contribution in [0.3, 0.4) is 0 Å². The molecule has 0 saturated carbocycles. The summed E-state index contributed by atoms with van der Waals surface area (Å²) >= 11 is 0. The molecule has 2 N–H and O–H groups in total. The molecule has 132 valence electrons. The Balaban J connectivity index is 1.59. The Labute approximate surface area is 147 Å². The first kappa shape index (κ1) is 17.1.